The monoisotopic (exact) mass is 187 g/mol. The molecule has 0 saturated carbocycles. The van der Waals surface area contributed by atoms with Crippen LogP contribution in [0.4, 0.5) is 5.13 Å². The van der Waals surface area contributed by atoms with E-state index in [0.717, 1.165) is 23.8 Å². The average Bonchev–Trinajstić information content (AvgIpc) is 2.53. The lowest BCUT2D eigenvalue weighted by atomic mass is 10.4. The standard InChI is InChI=1S/C7H13N3OS/c8-4-6-5-12-7(10-6)9-2-1-3-11/h5,11H,1-4,8H2,(H,9,10). The number of thiazole rings is 1. The Hall–Kier alpha value is -0.650. The summed E-state index contributed by atoms with van der Waals surface area (Å²) in [5.41, 5.74) is 6.30. The zero-order valence-electron chi connectivity index (χ0n) is 6.79. The Bertz CT molecular complexity index is 226. The minimum absolute atomic E-state index is 0.210. The van der Waals surface area contributed by atoms with Crippen molar-refractivity contribution in [2.45, 2.75) is 13.0 Å². The van der Waals surface area contributed by atoms with Crippen molar-refractivity contribution in [3.63, 3.8) is 0 Å². The van der Waals surface area contributed by atoms with Crippen LogP contribution in [0.25, 0.3) is 0 Å². The Balaban J connectivity index is 2.31. The molecule has 4 nitrogen and oxygen atoms in total. The molecule has 12 heavy (non-hydrogen) atoms. The van der Waals surface area contributed by atoms with E-state index in [1.165, 1.54) is 0 Å². The van der Waals surface area contributed by atoms with E-state index >= 15 is 0 Å². The summed E-state index contributed by atoms with van der Waals surface area (Å²) >= 11 is 1.54. The lowest BCUT2D eigenvalue weighted by Gasteiger charge is -1.98. The van der Waals surface area contributed by atoms with Crippen molar-refractivity contribution in [3.05, 3.63) is 11.1 Å². The van der Waals surface area contributed by atoms with Crippen molar-refractivity contribution in [2.24, 2.45) is 5.73 Å². The molecular formula is C7H13N3OS. The number of aliphatic hydroxyl groups is 1. The Kier molecular flexibility index (Phi) is 3.99. The van der Waals surface area contributed by atoms with E-state index in [2.05, 4.69) is 10.3 Å². The highest BCUT2D eigenvalue weighted by atomic mass is 32.1. The first kappa shape index (κ1) is 9.44. The van der Waals surface area contributed by atoms with Gasteiger partial charge in [-0.2, -0.15) is 0 Å². The number of nitrogens with one attached hydrogen (secondary N) is 1. The van der Waals surface area contributed by atoms with Crippen LogP contribution < -0.4 is 11.1 Å². The third-order valence-electron chi connectivity index (χ3n) is 1.37. The maximum atomic E-state index is 8.52. The number of rotatable bonds is 5. The van der Waals surface area contributed by atoms with Crippen molar-refractivity contribution in [1.82, 2.24) is 4.98 Å². The summed E-state index contributed by atoms with van der Waals surface area (Å²) in [6, 6.07) is 0. The predicted molar refractivity (Wildman–Crippen MR) is 50.2 cm³/mol. The van der Waals surface area contributed by atoms with Crippen LogP contribution in [-0.4, -0.2) is 23.2 Å². The maximum absolute atomic E-state index is 8.52. The first-order valence-corrected chi connectivity index (χ1v) is 4.74. The molecule has 0 aliphatic rings. The first-order valence-electron chi connectivity index (χ1n) is 3.86. The van der Waals surface area contributed by atoms with E-state index in [1.807, 2.05) is 5.38 Å². The topological polar surface area (TPSA) is 71.2 Å². The van der Waals surface area contributed by atoms with Crippen molar-refractivity contribution < 1.29 is 5.11 Å². The largest absolute Gasteiger partial charge is 0.396 e. The predicted octanol–water partition coefficient (Wildman–Crippen LogP) is 0.396. The summed E-state index contributed by atoms with van der Waals surface area (Å²) in [6.07, 6.45) is 0.748. The van der Waals surface area contributed by atoms with Crippen molar-refractivity contribution in [2.75, 3.05) is 18.5 Å². The smallest absolute Gasteiger partial charge is 0.182 e. The van der Waals surface area contributed by atoms with E-state index in [4.69, 9.17) is 10.8 Å². The highest BCUT2D eigenvalue weighted by Gasteiger charge is 1.97. The number of aromatic nitrogens is 1. The van der Waals surface area contributed by atoms with Gasteiger partial charge in [0.05, 0.1) is 5.69 Å². The second-order valence-electron chi connectivity index (χ2n) is 2.35. The molecule has 1 aromatic rings. The van der Waals surface area contributed by atoms with Gasteiger partial charge >= 0.3 is 0 Å². The Labute approximate surface area is 75.4 Å². The maximum Gasteiger partial charge on any atom is 0.182 e. The van der Waals surface area contributed by atoms with Crippen LogP contribution in [0.15, 0.2) is 5.38 Å². The summed E-state index contributed by atoms with van der Waals surface area (Å²) in [5, 5.41) is 14.4. The molecule has 0 bridgehead atoms. The van der Waals surface area contributed by atoms with Crippen LogP contribution in [-0.2, 0) is 6.54 Å². The van der Waals surface area contributed by atoms with Gasteiger partial charge in [0.25, 0.3) is 0 Å². The van der Waals surface area contributed by atoms with E-state index in [1.54, 1.807) is 11.3 Å². The molecule has 68 valence electrons. The quantitative estimate of drug-likeness (QED) is 0.583. The molecule has 0 fully saturated rings. The van der Waals surface area contributed by atoms with Gasteiger partial charge in [0.1, 0.15) is 0 Å². The minimum Gasteiger partial charge on any atom is -0.396 e. The number of anilines is 1. The zero-order chi connectivity index (χ0) is 8.81. The molecule has 0 radical (unpaired) electrons. The summed E-state index contributed by atoms with van der Waals surface area (Å²) in [4.78, 5) is 4.20. The average molecular weight is 187 g/mol. The van der Waals surface area contributed by atoms with Crippen LogP contribution in [0.1, 0.15) is 12.1 Å². The minimum atomic E-state index is 0.210. The van der Waals surface area contributed by atoms with Crippen molar-refractivity contribution in [3.8, 4) is 0 Å². The van der Waals surface area contributed by atoms with Gasteiger partial charge in [-0.1, -0.05) is 0 Å². The van der Waals surface area contributed by atoms with E-state index < -0.39 is 0 Å². The van der Waals surface area contributed by atoms with Gasteiger partial charge in [0, 0.05) is 25.1 Å². The van der Waals surface area contributed by atoms with Crippen molar-refractivity contribution in [1.29, 1.82) is 0 Å². The fraction of sp³-hybridized carbons (Fsp3) is 0.571. The Morgan fingerprint density at radius 3 is 3.08 bits per heavy atom. The molecule has 4 N–H and O–H groups in total. The molecule has 0 aromatic carbocycles. The Morgan fingerprint density at radius 2 is 2.50 bits per heavy atom. The molecule has 1 heterocycles. The molecule has 0 aliphatic carbocycles. The SMILES string of the molecule is NCc1csc(NCCCO)n1. The third-order valence-corrected chi connectivity index (χ3v) is 2.22. The normalized spacial score (nSPS) is 10.2. The van der Waals surface area contributed by atoms with Crippen LogP contribution >= 0.6 is 11.3 Å². The van der Waals surface area contributed by atoms with Crippen LogP contribution in [0.3, 0.4) is 0 Å². The second-order valence-corrected chi connectivity index (χ2v) is 3.21. The fourth-order valence-corrected chi connectivity index (χ4v) is 1.51. The van der Waals surface area contributed by atoms with Gasteiger partial charge in [0.15, 0.2) is 5.13 Å². The summed E-state index contributed by atoms with van der Waals surface area (Å²) in [5.74, 6) is 0. The molecule has 0 saturated heterocycles. The third kappa shape index (κ3) is 2.77. The van der Waals surface area contributed by atoms with Gasteiger partial charge < -0.3 is 16.2 Å². The van der Waals surface area contributed by atoms with Gasteiger partial charge in [-0.15, -0.1) is 11.3 Å². The molecular weight excluding hydrogens is 174 g/mol. The second kappa shape index (κ2) is 5.08. The highest BCUT2D eigenvalue weighted by molar-refractivity contribution is 7.13. The molecule has 0 spiro atoms. The number of hydrogen-bond acceptors (Lipinski definition) is 5. The number of aliphatic hydroxyl groups excluding tert-OH is 1. The molecule has 0 unspecified atom stereocenters. The summed E-state index contributed by atoms with van der Waals surface area (Å²) in [6.45, 7) is 1.45. The van der Waals surface area contributed by atoms with E-state index in [0.29, 0.717) is 6.54 Å². The summed E-state index contributed by atoms with van der Waals surface area (Å²) < 4.78 is 0. The van der Waals surface area contributed by atoms with Crippen molar-refractivity contribution >= 4 is 16.5 Å². The number of nitrogens with two attached hydrogens (primary N) is 1. The lowest BCUT2D eigenvalue weighted by Crippen LogP contribution is -2.03. The number of nitrogens with zero attached hydrogens (tertiary/aromatic N) is 1. The van der Waals surface area contributed by atoms with Crippen LogP contribution in [0.5, 0.6) is 0 Å². The van der Waals surface area contributed by atoms with E-state index in [-0.39, 0.29) is 6.61 Å². The van der Waals surface area contributed by atoms with E-state index in [9.17, 15) is 0 Å². The molecule has 1 rings (SSSR count). The van der Waals surface area contributed by atoms with Gasteiger partial charge in [-0.3, -0.25) is 0 Å². The molecule has 1 aromatic heterocycles. The molecule has 0 amide bonds. The van der Waals surface area contributed by atoms with Gasteiger partial charge in [-0.25, -0.2) is 4.98 Å². The highest BCUT2D eigenvalue weighted by Crippen LogP contribution is 2.14. The molecule has 0 atom stereocenters. The van der Waals surface area contributed by atoms with Crippen LogP contribution in [0, 0.1) is 0 Å². The fourth-order valence-electron chi connectivity index (χ4n) is 0.756. The first-order chi connectivity index (χ1) is 5.86. The van der Waals surface area contributed by atoms with Crippen LogP contribution in [0.2, 0.25) is 0 Å². The molecule has 0 aliphatic heterocycles. The number of hydrogen-bond donors (Lipinski definition) is 3. The molecule has 5 heteroatoms. The van der Waals surface area contributed by atoms with Gasteiger partial charge in [-0.05, 0) is 6.42 Å². The lowest BCUT2D eigenvalue weighted by molar-refractivity contribution is 0.292. The zero-order valence-corrected chi connectivity index (χ0v) is 7.60. The van der Waals surface area contributed by atoms with Gasteiger partial charge in [0.2, 0.25) is 0 Å². The Morgan fingerprint density at radius 1 is 1.67 bits per heavy atom. The summed E-state index contributed by atoms with van der Waals surface area (Å²) in [7, 11) is 0.